The van der Waals surface area contributed by atoms with Gasteiger partial charge in [-0.05, 0) is 37.1 Å². The highest BCUT2D eigenvalue weighted by Crippen LogP contribution is 2.35. The number of hydrogen-bond acceptors (Lipinski definition) is 8. The van der Waals surface area contributed by atoms with Gasteiger partial charge in [0.25, 0.3) is 5.89 Å². The average Bonchev–Trinajstić information content (AvgIpc) is 3.33. The lowest BCUT2D eigenvalue weighted by molar-refractivity contribution is 0.291. The van der Waals surface area contributed by atoms with Crippen molar-refractivity contribution in [2.24, 2.45) is 0 Å². The highest BCUT2D eigenvalue weighted by molar-refractivity contribution is 7.89. The van der Waals surface area contributed by atoms with Gasteiger partial charge in [0.05, 0.1) is 31.8 Å². The molecule has 1 aromatic heterocycles. The molecule has 0 unspecified atom stereocenters. The molecule has 0 aliphatic carbocycles. The van der Waals surface area contributed by atoms with Gasteiger partial charge in [0, 0.05) is 25.1 Å². The summed E-state index contributed by atoms with van der Waals surface area (Å²) in [5, 5.41) is 8.37. The molecule has 0 radical (unpaired) electrons. The second kappa shape index (κ2) is 9.17. The minimum absolute atomic E-state index is 0.0113. The first kappa shape index (κ1) is 22.1. The van der Waals surface area contributed by atoms with E-state index in [0.29, 0.717) is 55.0 Å². The van der Waals surface area contributed by atoms with E-state index >= 15 is 0 Å². The van der Waals surface area contributed by atoms with Crippen LogP contribution in [0.5, 0.6) is 17.2 Å². The second-order valence-corrected chi connectivity index (χ2v) is 9.28. The highest BCUT2D eigenvalue weighted by atomic mass is 32.2. The Morgan fingerprint density at radius 1 is 0.906 bits per heavy atom. The van der Waals surface area contributed by atoms with Gasteiger partial charge >= 0.3 is 0 Å². The van der Waals surface area contributed by atoms with Crippen LogP contribution >= 0.6 is 0 Å². The summed E-state index contributed by atoms with van der Waals surface area (Å²) in [6, 6.07) is 12.0. The molecule has 3 aromatic rings. The summed E-state index contributed by atoms with van der Waals surface area (Å²) < 4.78 is 49.4. The Bertz CT molecular complexity index is 1190. The first-order valence-electron chi connectivity index (χ1n) is 10.2. The molecule has 0 bridgehead atoms. The summed E-state index contributed by atoms with van der Waals surface area (Å²) >= 11 is 0. The number of rotatable bonds is 7. The van der Waals surface area contributed by atoms with Gasteiger partial charge in [-0.3, -0.25) is 0 Å². The van der Waals surface area contributed by atoms with Crippen LogP contribution in [-0.2, 0) is 10.0 Å². The molecule has 0 N–H and O–H groups in total. The number of aromatic nitrogens is 2. The highest BCUT2D eigenvalue weighted by Gasteiger charge is 2.32. The molecule has 0 atom stereocenters. The maximum Gasteiger partial charge on any atom is 0.251 e. The number of ether oxygens (including phenoxy) is 3. The van der Waals surface area contributed by atoms with E-state index in [0.717, 1.165) is 5.56 Å². The molecular formula is C22H25N3O6S. The Balaban J connectivity index is 1.47. The van der Waals surface area contributed by atoms with Crippen molar-refractivity contribution >= 4 is 10.0 Å². The molecule has 1 aliphatic rings. The van der Waals surface area contributed by atoms with Crippen LogP contribution in [0.2, 0.25) is 0 Å². The third kappa shape index (κ3) is 4.15. The van der Waals surface area contributed by atoms with Crippen LogP contribution in [0.15, 0.2) is 51.8 Å². The van der Waals surface area contributed by atoms with Gasteiger partial charge < -0.3 is 18.6 Å². The van der Waals surface area contributed by atoms with Crippen molar-refractivity contribution in [3.63, 3.8) is 0 Å². The summed E-state index contributed by atoms with van der Waals surface area (Å²) in [6.45, 7) is 0.710. The molecule has 2 heterocycles. The zero-order valence-corrected chi connectivity index (χ0v) is 19.0. The van der Waals surface area contributed by atoms with E-state index in [2.05, 4.69) is 10.2 Å². The standard InChI is InChI=1S/C22H25N3O6S/c1-28-18-7-5-4-6-17(18)22-24-23-21(31-22)15-10-12-25(13-11-15)32(26,27)16-8-9-19(29-2)20(14-16)30-3/h4-9,14-15H,10-13H2,1-3H3. The molecule has 170 valence electrons. The molecule has 2 aromatic carbocycles. The Labute approximate surface area is 187 Å². The third-order valence-electron chi connectivity index (χ3n) is 5.57. The number of sulfonamides is 1. The van der Waals surface area contributed by atoms with Gasteiger partial charge in [0.15, 0.2) is 11.5 Å². The Morgan fingerprint density at radius 3 is 2.28 bits per heavy atom. The fraction of sp³-hybridized carbons (Fsp3) is 0.364. The molecule has 0 saturated carbocycles. The molecule has 0 spiro atoms. The summed E-state index contributed by atoms with van der Waals surface area (Å²) in [6.07, 6.45) is 1.17. The van der Waals surface area contributed by atoms with E-state index in [1.165, 1.54) is 30.7 Å². The first-order chi connectivity index (χ1) is 15.5. The average molecular weight is 460 g/mol. The molecule has 9 nitrogen and oxygen atoms in total. The van der Waals surface area contributed by atoms with Crippen molar-refractivity contribution in [3.05, 3.63) is 48.4 Å². The quantitative estimate of drug-likeness (QED) is 0.530. The molecule has 0 amide bonds. The molecular weight excluding hydrogens is 434 g/mol. The lowest BCUT2D eigenvalue weighted by Crippen LogP contribution is -2.38. The van der Waals surface area contributed by atoms with Crippen LogP contribution in [0.4, 0.5) is 0 Å². The first-order valence-corrected chi connectivity index (χ1v) is 11.6. The van der Waals surface area contributed by atoms with E-state index in [9.17, 15) is 8.42 Å². The normalized spacial score (nSPS) is 15.5. The van der Waals surface area contributed by atoms with Crippen LogP contribution in [-0.4, -0.2) is 57.3 Å². The summed E-state index contributed by atoms with van der Waals surface area (Å²) in [7, 11) is 0.914. The maximum atomic E-state index is 13.1. The smallest absolute Gasteiger partial charge is 0.251 e. The number of piperidine rings is 1. The van der Waals surface area contributed by atoms with Gasteiger partial charge in [-0.1, -0.05) is 12.1 Å². The summed E-state index contributed by atoms with van der Waals surface area (Å²) in [5.74, 6) is 2.39. The SMILES string of the molecule is COc1ccc(S(=O)(=O)N2CCC(c3nnc(-c4ccccc4OC)o3)CC2)cc1OC. The number of methoxy groups -OCH3 is 3. The van der Waals surface area contributed by atoms with Crippen LogP contribution in [0, 0.1) is 0 Å². The Morgan fingerprint density at radius 2 is 1.59 bits per heavy atom. The summed E-state index contributed by atoms with van der Waals surface area (Å²) in [4.78, 5) is 0.171. The zero-order valence-electron chi connectivity index (χ0n) is 18.1. The van der Waals surface area contributed by atoms with E-state index < -0.39 is 10.0 Å². The van der Waals surface area contributed by atoms with Crippen molar-refractivity contribution in [1.82, 2.24) is 14.5 Å². The van der Waals surface area contributed by atoms with Crippen LogP contribution in [0.1, 0.15) is 24.7 Å². The number of benzene rings is 2. The maximum absolute atomic E-state index is 13.1. The van der Waals surface area contributed by atoms with Crippen molar-refractivity contribution in [2.75, 3.05) is 34.4 Å². The van der Waals surface area contributed by atoms with Crippen LogP contribution in [0.3, 0.4) is 0 Å². The fourth-order valence-electron chi connectivity index (χ4n) is 3.80. The van der Waals surface area contributed by atoms with E-state index in [4.69, 9.17) is 18.6 Å². The van der Waals surface area contributed by atoms with E-state index in [-0.39, 0.29) is 10.8 Å². The van der Waals surface area contributed by atoms with Gasteiger partial charge in [0.2, 0.25) is 15.9 Å². The van der Waals surface area contributed by atoms with Gasteiger partial charge in [0.1, 0.15) is 5.75 Å². The predicted octanol–water partition coefficient (Wildman–Crippen LogP) is 3.33. The molecule has 4 rings (SSSR count). The van der Waals surface area contributed by atoms with Crippen molar-refractivity contribution in [1.29, 1.82) is 0 Å². The topological polar surface area (TPSA) is 104 Å². The largest absolute Gasteiger partial charge is 0.496 e. The lowest BCUT2D eigenvalue weighted by Gasteiger charge is -2.29. The van der Waals surface area contributed by atoms with Gasteiger partial charge in [-0.25, -0.2) is 8.42 Å². The Kier molecular flexibility index (Phi) is 6.33. The molecule has 1 fully saturated rings. The molecule has 32 heavy (non-hydrogen) atoms. The van der Waals surface area contributed by atoms with Gasteiger partial charge in [-0.2, -0.15) is 4.31 Å². The van der Waals surface area contributed by atoms with Crippen molar-refractivity contribution in [2.45, 2.75) is 23.7 Å². The van der Waals surface area contributed by atoms with Gasteiger partial charge in [-0.15, -0.1) is 10.2 Å². The zero-order chi connectivity index (χ0) is 22.7. The van der Waals surface area contributed by atoms with Crippen molar-refractivity contribution in [3.8, 4) is 28.7 Å². The van der Waals surface area contributed by atoms with Crippen molar-refractivity contribution < 1.29 is 27.0 Å². The van der Waals surface area contributed by atoms with E-state index in [1.54, 1.807) is 13.2 Å². The number of hydrogen-bond donors (Lipinski definition) is 0. The number of nitrogens with zero attached hydrogens (tertiary/aromatic N) is 3. The third-order valence-corrected chi connectivity index (χ3v) is 7.47. The number of para-hydroxylation sites is 1. The summed E-state index contributed by atoms with van der Waals surface area (Å²) in [5.41, 5.74) is 0.724. The lowest BCUT2D eigenvalue weighted by atomic mass is 9.98. The fourth-order valence-corrected chi connectivity index (χ4v) is 5.28. The monoisotopic (exact) mass is 459 g/mol. The molecule has 1 aliphatic heterocycles. The molecule has 1 saturated heterocycles. The predicted molar refractivity (Wildman–Crippen MR) is 117 cm³/mol. The van der Waals surface area contributed by atoms with Crippen LogP contribution < -0.4 is 14.2 Å². The Hall–Kier alpha value is -3.11. The van der Waals surface area contributed by atoms with E-state index in [1.807, 2.05) is 24.3 Å². The van der Waals surface area contributed by atoms with Crippen LogP contribution in [0.25, 0.3) is 11.5 Å². The second-order valence-electron chi connectivity index (χ2n) is 7.34. The minimum atomic E-state index is -3.66. The molecule has 10 heteroatoms. The minimum Gasteiger partial charge on any atom is -0.496 e.